The lowest BCUT2D eigenvalue weighted by Crippen LogP contribution is -2.41. The number of carbonyl (C=O) groups is 1. The fraction of sp³-hybridized carbons (Fsp3) is 0.588. The second-order valence-corrected chi connectivity index (χ2v) is 7.28. The number of aliphatic hydroxyl groups is 1. The first kappa shape index (κ1) is 16.1. The first-order chi connectivity index (χ1) is 10.5. The van der Waals surface area contributed by atoms with Crippen molar-refractivity contribution in [3.63, 3.8) is 0 Å². The van der Waals surface area contributed by atoms with Crippen LogP contribution in [0.5, 0.6) is 0 Å². The maximum Gasteiger partial charge on any atom is 0.226 e. The molecule has 1 saturated carbocycles. The second kappa shape index (κ2) is 6.38. The summed E-state index contributed by atoms with van der Waals surface area (Å²) in [4.78, 5) is 14.6. The van der Waals surface area contributed by atoms with Gasteiger partial charge in [-0.15, -0.1) is 0 Å². The summed E-state index contributed by atoms with van der Waals surface area (Å²) >= 11 is 12.3. The van der Waals surface area contributed by atoms with Gasteiger partial charge >= 0.3 is 0 Å². The monoisotopic (exact) mass is 341 g/mol. The number of piperidine rings is 1. The van der Waals surface area contributed by atoms with Crippen molar-refractivity contribution in [1.82, 2.24) is 4.90 Å². The Balaban J connectivity index is 1.61. The zero-order valence-corrected chi connectivity index (χ0v) is 14.1. The number of hydrogen-bond acceptors (Lipinski definition) is 2. The number of nitrogens with zero attached hydrogens (tertiary/aromatic N) is 1. The Bertz CT molecular complexity index is 568. The zero-order chi connectivity index (χ0) is 15.9. The van der Waals surface area contributed by atoms with E-state index in [1.165, 1.54) is 0 Å². The summed E-state index contributed by atoms with van der Waals surface area (Å²) in [5.74, 6) is 0.791. The lowest BCUT2D eigenvalue weighted by molar-refractivity contribution is -0.134. The minimum absolute atomic E-state index is 0.0408. The number of amides is 1. The third-order valence-electron chi connectivity index (χ3n) is 5.02. The zero-order valence-electron chi connectivity index (χ0n) is 12.6. The van der Waals surface area contributed by atoms with Gasteiger partial charge in [0, 0.05) is 19.0 Å². The standard InChI is InChI=1S/C17H21Cl2NO2/c1-10(21)11-5-7-20(8-6-11)17(22)14-9-13(14)12-3-2-4-15(18)16(12)19/h2-4,10-11,13-14,21H,5-9H2,1H3. The molecular formula is C17H21Cl2NO2. The van der Waals surface area contributed by atoms with Crippen molar-refractivity contribution in [1.29, 1.82) is 0 Å². The molecule has 2 fully saturated rings. The molecule has 3 atom stereocenters. The van der Waals surface area contributed by atoms with Crippen molar-refractivity contribution in [3.8, 4) is 0 Å². The quantitative estimate of drug-likeness (QED) is 0.910. The smallest absolute Gasteiger partial charge is 0.226 e. The summed E-state index contributed by atoms with van der Waals surface area (Å²) in [7, 11) is 0. The molecule has 120 valence electrons. The van der Waals surface area contributed by atoms with Gasteiger partial charge in [-0.05, 0) is 49.7 Å². The molecule has 0 radical (unpaired) electrons. The average molecular weight is 342 g/mol. The predicted octanol–water partition coefficient (Wildman–Crippen LogP) is 3.72. The Morgan fingerprint density at radius 1 is 1.32 bits per heavy atom. The maximum atomic E-state index is 12.6. The van der Waals surface area contributed by atoms with E-state index in [1.807, 2.05) is 24.0 Å². The number of rotatable bonds is 3. The van der Waals surface area contributed by atoms with Crippen molar-refractivity contribution in [2.75, 3.05) is 13.1 Å². The van der Waals surface area contributed by atoms with Crippen molar-refractivity contribution < 1.29 is 9.90 Å². The molecule has 5 heteroatoms. The highest BCUT2D eigenvalue weighted by atomic mass is 35.5. The third-order valence-corrected chi connectivity index (χ3v) is 5.86. The minimum atomic E-state index is -0.281. The van der Waals surface area contributed by atoms with Crippen molar-refractivity contribution >= 4 is 29.1 Å². The van der Waals surface area contributed by atoms with E-state index in [4.69, 9.17) is 23.2 Å². The highest BCUT2D eigenvalue weighted by molar-refractivity contribution is 6.42. The largest absolute Gasteiger partial charge is 0.393 e. The van der Waals surface area contributed by atoms with Gasteiger partial charge in [0.15, 0.2) is 0 Å². The summed E-state index contributed by atoms with van der Waals surface area (Å²) in [6, 6.07) is 5.62. The van der Waals surface area contributed by atoms with Gasteiger partial charge in [0.25, 0.3) is 0 Å². The summed E-state index contributed by atoms with van der Waals surface area (Å²) in [6.45, 7) is 3.34. The van der Waals surface area contributed by atoms with Crippen molar-refractivity contribution in [3.05, 3.63) is 33.8 Å². The predicted molar refractivity (Wildman–Crippen MR) is 88.3 cm³/mol. The van der Waals surface area contributed by atoms with Crippen LogP contribution in [-0.4, -0.2) is 35.1 Å². The normalized spacial score (nSPS) is 26.8. The Morgan fingerprint density at radius 3 is 2.64 bits per heavy atom. The van der Waals surface area contributed by atoms with Crippen LogP contribution in [0.3, 0.4) is 0 Å². The van der Waals surface area contributed by atoms with E-state index in [0.717, 1.165) is 37.9 Å². The van der Waals surface area contributed by atoms with Crippen LogP contribution in [0.4, 0.5) is 0 Å². The number of carbonyl (C=O) groups excluding carboxylic acids is 1. The Hall–Kier alpha value is -0.770. The van der Waals surface area contributed by atoms with Gasteiger partial charge in [-0.3, -0.25) is 4.79 Å². The molecule has 3 unspecified atom stereocenters. The molecule has 1 heterocycles. The molecule has 3 rings (SSSR count). The molecule has 1 aromatic rings. The third kappa shape index (κ3) is 3.12. The molecule has 1 aromatic carbocycles. The van der Waals surface area contributed by atoms with Crippen LogP contribution < -0.4 is 0 Å². The van der Waals surface area contributed by atoms with Gasteiger partial charge in [-0.2, -0.15) is 0 Å². The van der Waals surface area contributed by atoms with E-state index in [9.17, 15) is 9.90 Å². The van der Waals surface area contributed by atoms with Gasteiger partial charge in [0.2, 0.25) is 5.91 Å². The van der Waals surface area contributed by atoms with E-state index in [0.29, 0.717) is 16.0 Å². The summed E-state index contributed by atoms with van der Waals surface area (Å²) in [5.41, 5.74) is 0.992. The summed E-state index contributed by atoms with van der Waals surface area (Å²) in [5, 5.41) is 10.8. The number of halogens is 2. The Labute approximate surface area is 141 Å². The van der Waals surface area contributed by atoms with Gasteiger partial charge in [0.05, 0.1) is 16.1 Å². The first-order valence-electron chi connectivity index (χ1n) is 7.89. The molecular weight excluding hydrogens is 321 g/mol. The number of hydrogen-bond donors (Lipinski definition) is 1. The molecule has 1 aliphatic heterocycles. The van der Waals surface area contributed by atoms with E-state index in [1.54, 1.807) is 6.07 Å². The van der Waals surface area contributed by atoms with Crippen LogP contribution in [-0.2, 0) is 4.79 Å². The van der Waals surface area contributed by atoms with E-state index < -0.39 is 0 Å². The Morgan fingerprint density at radius 2 is 2.00 bits per heavy atom. The summed E-state index contributed by atoms with van der Waals surface area (Å²) < 4.78 is 0. The highest BCUT2D eigenvalue weighted by Crippen LogP contribution is 2.51. The molecule has 1 amide bonds. The van der Waals surface area contributed by atoms with Crippen LogP contribution in [0.2, 0.25) is 10.0 Å². The number of benzene rings is 1. The highest BCUT2D eigenvalue weighted by Gasteiger charge is 2.47. The molecule has 3 nitrogen and oxygen atoms in total. The van der Waals surface area contributed by atoms with Crippen molar-refractivity contribution in [2.24, 2.45) is 11.8 Å². The maximum absolute atomic E-state index is 12.6. The van der Waals surface area contributed by atoms with Gasteiger partial charge in [0.1, 0.15) is 0 Å². The lowest BCUT2D eigenvalue weighted by Gasteiger charge is -2.33. The van der Waals surface area contributed by atoms with Gasteiger partial charge in [-0.1, -0.05) is 35.3 Å². The van der Waals surface area contributed by atoms with E-state index in [2.05, 4.69) is 0 Å². The molecule has 1 N–H and O–H groups in total. The molecule has 1 aliphatic carbocycles. The molecule has 2 aliphatic rings. The van der Waals surface area contributed by atoms with Gasteiger partial charge in [-0.25, -0.2) is 0 Å². The number of likely N-dealkylation sites (tertiary alicyclic amines) is 1. The van der Waals surface area contributed by atoms with E-state index in [-0.39, 0.29) is 23.8 Å². The van der Waals surface area contributed by atoms with Gasteiger partial charge < -0.3 is 10.0 Å². The Kier molecular flexibility index (Phi) is 4.67. The van der Waals surface area contributed by atoms with Crippen LogP contribution in [0, 0.1) is 11.8 Å². The average Bonchev–Trinajstić information content (AvgIpc) is 3.30. The van der Waals surface area contributed by atoms with Crippen LogP contribution in [0.15, 0.2) is 18.2 Å². The fourth-order valence-corrected chi connectivity index (χ4v) is 3.90. The molecule has 1 saturated heterocycles. The second-order valence-electron chi connectivity index (χ2n) is 6.50. The molecule has 0 spiro atoms. The molecule has 0 bridgehead atoms. The topological polar surface area (TPSA) is 40.5 Å². The van der Waals surface area contributed by atoms with Crippen molar-refractivity contribution in [2.45, 2.75) is 38.2 Å². The first-order valence-corrected chi connectivity index (χ1v) is 8.65. The van der Waals surface area contributed by atoms with Crippen LogP contribution in [0.1, 0.15) is 37.7 Å². The minimum Gasteiger partial charge on any atom is -0.393 e. The van der Waals surface area contributed by atoms with E-state index >= 15 is 0 Å². The molecule has 0 aromatic heterocycles. The van der Waals surface area contributed by atoms with Crippen LogP contribution >= 0.6 is 23.2 Å². The number of aliphatic hydroxyl groups excluding tert-OH is 1. The lowest BCUT2D eigenvalue weighted by atomic mass is 9.92. The fourth-order valence-electron chi connectivity index (χ4n) is 3.46. The molecule has 22 heavy (non-hydrogen) atoms. The summed E-state index contributed by atoms with van der Waals surface area (Å²) in [6.07, 6.45) is 2.35. The SMILES string of the molecule is CC(O)C1CCN(C(=O)C2CC2c2cccc(Cl)c2Cl)CC1. The van der Waals surface area contributed by atoms with Crippen LogP contribution in [0.25, 0.3) is 0 Å².